The summed E-state index contributed by atoms with van der Waals surface area (Å²) in [6.45, 7) is 6.75. The van der Waals surface area contributed by atoms with E-state index in [9.17, 15) is 9.59 Å². The van der Waals surface area contributed by atoms with Crippen LogP contribution in [0.5, 0.6) is 5.75 Å². The number of aryl methyl sites for hydroxylation is 1. The number of carbonyl (C=O) groups excluding carboxylic acids is 2. The third-order valence-electron chi connectivity index (χ3n) is 6.34. The standard InChI is InChI=1S/C31H37ClN2O3/c1-4-24(3)33-31(36)29(21-25-10-6-5-7-11-25)34(22-26-12-8-13-27(32)20-26)30(35)14-9-19-37-28-17-15-23(2)16-18-28/h5-8,10-13,15-18,20,24,29H,4,9,14,19,21-22H2,1-3H3,(H,33,36)/t24-,29+/m1/s1. The van der Waals surface area contributed by atoms with Crippen LogP contribution in [0, 0.1) is 6.92 Å². The van der Waals surface area contributed by atoms with Crippen molar-refractivity contribution in [2.45, 2.75) is 65.1 Å². The van der Waals surface area contributed by atoms with Crippen LogP contribution in [0.15, 0.2) is 78.9 Å². The summed E-state index contributed by atoms with van der Waals surface area (Å²) in [4.78, 5) is 28.8. The number of ether oxygens (including phenoxy) is 1. The maximum Gasteiger partial charge on any atom is 0.243 e. The van der Waals surface area contributed by atoms with E-state index in [4.69, 9.17) is 16.3 Å². The summed E-state index contributed by atoms with van der Waals surface area (Å²) in [6, 6.07) is 24.5. The normalized spacial score (nSPS) is 12.4. The van der Waals surface area contributed by atoms with E-state index in [1.54, 1.807) is 11.0 Å². The Labute approximate surface area is 225 Å². The third-order valence-corrected chi connectivity index (χ3v) is 6.57. The van der Waals surface area contributed by atoms with Crippen LogP contribution in [0.1, 0.15) is 49.8 Å². The van der Waals surface area contributed by atoms with Crippen molar-refractivity contribution in [1.82, 2.24) is 10.2 Å². The first kappa shape index (κ1) is 28.3. The van der Waals surface area contributed by atoms with E-state index in [1.165, 1.54) is 5.56 Å². The summed E-state index contributed by atoms with van der Waals surface area (Å²) in [6.07, 6.45) is 2.05. The van der Waals surface area contributed by atoms with Gasteiger partial charge in [0.2, 0.25) is 11.8 Å². The van der Waals surface area contributed by atoms with Gasteiger partial charge in [0.1, 0.15) is 11.8 Å². The Kier molecular flexibility index (Phi) is 11.0. The molecule has 1 N–H and O–H groups in total. The summed E-state index contributed by atoms with van der Waals surface area (Å²) < 4.78 is 5.83. The Morgan fingerprint density at radius 3 is 2.35 bits per heavy atom. The second-order valence-electron chi connectivity index (χ2n) is 9.44. The van der Waals surface area contributed by atoms with Crippen LogP contribution in [0.2, 0.25) is 5.02 Å². The summed E-state index contributed by atoms with van der Waals surface area (Å²) in [5.41, 5.74) is 3.05. The fourth-order valence-corrected chi connectivity index (χ4v) is 4.23. The molecule has 0 aromatic heterocycles. The van der Waals surface area contributed by atoms with Gasteiger partial charge in [-0.25, -0.2) is 0 Å². The molecule has 6 heteroatoms. The number of hydrogen-bond acceptors (Lipinski definition) is 3. The minimum absolute atomic E-state index is 0.0109. The molecule has 2 amide bonds. The summed E-state index contributed by atoms with van der Waals surface area (Å²) in [7, 11) is 0. The van der Waals surface area contributed by atoms with E-state index in [0.717, 1.165) is 23.3 Å². The number of rotatable bonds is 13. The largest absolute Gasteiger partial charge is 0.494 e. The Balaban J connectivity index is 1.79. The fraction of sp³-hybridized carbons (Fsp3) is 0.355. The monoisotopic (exact) mass is 520 g/mol. The lowest BCUT2D eigenvalue weighted by Crippen LogP contribution is -2.52. The van der Waals surface area contributed by atoms with Crippen molar-refractivity contribution >= 4 is 23.4 Å². The molecular formula is C31H37ClN2O3. The average molecular weight is 521 g/mol. The van der Waals surface area contributed by atoms with Gasteiger partial charge in [-0.3, -0.25) is 9.59 Å². The smallest absolute Gasteiger partial charge is 0.243 e. The van der Waals surface area contributed by atoms with E-state index in [0.29, 0.717) is 31.0 Å². The fourth-order valence-electron chi connectivity index (χ4n) is 4.02. The van der Waals surface area contributed by atoms with Crippen LogP contribution in [-0.4, -0.2) is 35.4 Å². The lowest BCUT2D eigenvalue weighted by molar-refractivity contribution is -0.141. The Morgan fingerprint density at radius 1 is 0.973 bits per heavy atom. The summed E-state index contributed by atoms with van der Waals surface area (Å²) >= 11 is 6.24. The molecule has 0 saturated heterocycles. The molecule has 0 aliphatic heterocycles. The quantitative estimate of drug-likeness (QED) is 0.267. The van der Waals surface area contributed by atoms with Gasteiger partial charge < -0.3 is 15.0 Å². The zero-order chi connectivity index (χ0) is 26.6. The van der Waals surface area contributed by atoms with Crippen LogP contribution < -0.4 is 10.1 Å². The highest BCUT2D eigenvalue weighted by Crippen LogP contribution is 2.19. The molecule has 2 atom stereocenters. The maximum absolute atomic E-state index is 13.6. The van der Waals surface area contributed by atoms with Crippen LogP contribution in [-0.2, 0) is 22.6 Å². The van der Waals surface area contributed by atoms with Gasteiger partial charge in [-0.05, 0) is 62.1 Å². The first-order valence-corrected chi connectivity index (χ1v) is 13.3. The van der Waals surface area contributed by atoms with Gasteiger partial charge in [0.25, 0.3) is 0 Å². The van der Waals surface area contributed by atoms with Crippen molar-refractivity contribution in [3.8, 4) is 5.75 Å². The van der Waals surface area contributed by atoms with Crippen molar-refractivity contribution < 1.29 is 14.3 Å². The predicted molar refractivity (Wildman–Crippen MR) is 150 cm³/mol. The number of nitrogens with one attached hydrogen (secondary N) is 1. The first-order chi connectivity index (χ1) is 17.9. The van der Waals surface area contributed by atoms with Crippen LogP contribution >= 0.6 is 11.6 Å². The zero-order valence-electron chi connectivity index (χ0n) is 22.0. The van der Waals surface area contributed by atoms with Gasteiger partial charge in [0, 0.05) is 30.5 Å². The van der Waals surface area contributed by atoms with E-state index in [2.05, 4.69) is 5.32 Å². The molecule has 3 aromatic rings. The van der Waals surface area contributed by atoms with E-state index in [1.807, 2.05) is 93.6 Å². The minimum atomic E-state index is -0.652. The van der Waals surface area contributed by atoms with Crippen LogP contribution in [0.25, 0.3) is 0 Å². The Bertz CT molecular complexity index is 1130. The SMILES string of the molecule is CC[C@@H](C)NC(=O)[C@H](Cc1ccccc1)N(Cc1cccc(Cl)c1)C(=O)CCCOc1ccc(C)cc1. The lowest BCUT2D eigenvalue weighted by Gasteiger charge is -2.32. The number of benzene rings is 3. The van der Waals surface area contributed by atoms with Crippen molar-refractivity contribution in [3.63, 3.8) is 0 Å². The first-order valence-electron chi connectivity index (χ1n) is 12.9. The highest BCUT2D eigenvalue weighted by molar-refractivity contribution is 6.30. The lowest BCUT2D eigenvalue weighted by atomic mass is 10.0. The number of carbonyl (C=O) groups is 2. The highest BCUT2D eigenvalue weighted by atomic mass is 35.5. The molecule has 3 aromatic carbocycles. The number of nitrogens with zero attached hydrogens (tertiary/aromatic N) is 1. The van der Waals surface area contributed by atoms with Gasteiger partial charge in [0.05, 0.1) is 6.61 Å². The molecule has 0 aliphatic rings. The van der Waals surface area contributed by atoms with Crippen molar-refractivity contribution in [2.24, 2.45) is 0 Å². The second-order valence-corrected chi connectivity index (χ2v) is 9.88. The molecular weight excluding hydrogens is 484 g/mol. The van der Waals surface area contributed by atoms with Gasteiger partial charge in [-0.2, -0.15) is 0 Å². The van der Waals surface area contributed by atoms with Crippen molar-refractivity contribution in [2.75, 3.05) is 6.61 Å². The van der Waals surface area contributed by atoms with E-state index >= 15 is 0 Å². The number of amides is 2. The van der Waals surface area contributed by atoms with Gasteiger partial charge in [-0.1, -0.05) is 78.7 Å². The molecule has 0 fully saturated rings. The molecule has 0 unspecified atom stereocenters. The highest BCUT2D eigenvalue weighted by Gasteiger charge is 2.30. The van der Waals surface area contributed by atoms with E-state index < -0.39 is 6.04 Å². The van der Waals surface area contributed by atoms with Crippen molar-refractivity contribution in [3.05, 3.63) is 101 Å². The summed E-state index contributed by atoms with van der Waals surface area (Å²) in [5, 5.41) is 3.69. The average Bonchev–Trinajstić information content (AvgIpc) is 2.90. The van der Waals surface area contributed by atoms with Gasteiger partial charge in [0.15, 0.2) is 0 Å². The Morgan fingerprint density at radius 2 is 1.68 bits per heavy atom. The Hall–Kier alpha value is -3.31. The maximum atomic E-state index is 13.6. The minimum Gasteiger partial charge on any atom is -0.494 e. The van der Waals surface area contributed by atoms with Gasteiger partial charge in [-0.15, -0.1) is 0 Å². The third kappa shape index (κ3) is 9.25. The molecule has 0 radical (unpaired) electrons. The number of halogens is 1. The molecule has 5 nitrogen and oxygen atoms in total. The zero-order valence-corrected chi connectivity index (χ0v) is 22.7. The van der Waals surface area contributed by atoms with Crippen LogP contribution in [0.3, 0.4) is 0 Å². The molecule has 37 heavy (non-hydrogen) atoms. The molecule has 0 bridgehead atoms. The topological polar surface area (TPSA) is 58.6 Å². The predicted octanol–water partition coefficient (Wildman–Crippen LogP) is 6.36. The molecule has 0 spiro atoms. The van der Waals surface area contributed by atoms with Gasteiger partial charge >= 0.3 is 0 Å². The van der Waals surface area contributed by atoms with Crippen molar-refractivity contribution in [1.29, 1.82) is 0 Å². The molecule has 0 aliphatic carbocycles. The molecule has 0 saturated carbocycles. The van der Waals surface area contributed by atoms with Crippen LogP contribution in [0.4, 0.5) is 0 Å². The molecule has 196 valence electrons. The second kappa shape index (κ2) is 14.4. The summed E-state index contributed by atoms with van der Waals surface area (Å²) in [5.74, 6) is 0.543. The number of hydrogen-bond donors (Lipinski definition) is 1. The van der Waals surface area contributed by atoms with E-state index in [-0.39, 0.29) is 24.3 Å². The molecule has 3 rings (SSSR count). The molecule has 0 heterocycles.